The Kier molecular flexibility index (Phi) is 3.73. The summed E-state index contributed by atoms with van der Waals surface area (Å²) in [5, 5.41) is 12.9. The average molecular weight is 246 g/mol. The highest BCUT2D eigenvalue weighted by molar-refractivity contribution is 5.48. The molecule has 4 heteroatoms. The summed E-state index contributed by atoms with van der Waals surface area (Å²) < 4.78 is 10.7. The van der Waals surface area contributed by atoms with Gasteiger partial charge >= 0.3 is 0 Å². The standard InChI is InChI=1S/C14H18N2O2/c1-17-11-3-4-13(18-2)12(9-11)14(10-15)5-7-16-8-6-14/h3-4,9,16H,5-8H2,1-2H3. The zero-order valence-electron chi connectivity index (χ0n) is 10.8. The number of nitrogens with one attached hydrogen (secondary N) is 1. The summed E-state index contributed by atoms with van der Waals surface area (Å²) in [5.74, 6) is 1.53. The molecule has 0 saturated carbocycles. The fraction of sp³-hybridized carbons (Fsp3) is 0.500. The summed E-state index contributed by atoms with van der Waals surface area (Å²) in [5.41, 5.74) is 0.471. The maximum Gasteiger partial charge on any atom is 0.123 e. The normalized spacial score (nSPS) is 17.8. The lowest BCUT2D eigenvalue weighted by Crippen LogP contribution is -2.39. The molecule has 2 rings (SSSR count). The fourth-order valence-corrected chi connectivity index (χ4v) is 2.48. The van der Waals surface area contributed by atoms with Crippen LogP contribution in [0.2, 0.25) is 0 Å². The number of methoxy groups -OCH3 is 2. The van der Waals surface area contributed by atoms with Crippen LogP contribution in [0.4, 0.5) is 0 Å². The Morgan fingerprint density at radius 2 is 1.94 bits per heavy atom. The van der Waals surface area contributed by atoms with Gasteiger partial charge in [0.05, 0.1) is 25.7 Å². The summed E-state index contributed by atoms with van der Waals surface area (Å²) in [6, 6.07) is 8.13. The zero-order valence-corrected chi connectivity index (χ0v) is 10.8. The Morgan fingerprint density at radius 1 is 1.22 bits per heavy atom. The lowest BCUT2D eigenvalue weighted by molar-refractivity contribution is 0.349. The van der Waals surface area contributed by atoms with Crippen molar-refractivity contribution in [3.8, 4) is 17.6 Å². The molecule has 1 heterocycles. The molecule has 0 bridgehead atoms. The minimum Gasteiger partial charge on any atom is -0.497 e. The highest BCUT2D eigenvalue weighted by Crippen LogP contribution is 2.40. The molecule has 1 fully saturated rings. The quantitative estimate of drug-likeness (QED) is 0.884. The van der Waals surface area contributed by atoms with E-state index in [9.17, 15) is 5.26 Å². The van der Waals surface area contributed by atoms with Crippen molar-refractivity contribution >= 4 is 0 Å². The van der Waals surface area contributed by atoms with Gasteiger partial charge < -0.3 is 14.8 Å². The molecule has 96 valence electrons. The number of hydrogen-bond acceptors (Lipinski definition) is 4. The number of benzene rings is 1. The molecule has 1 aliphatic rings. The number of hydrogen-bond donors (Lipinski definition) is 1. The van der Waals surface area contributed by atoms with Crippen LogP contribution in [0, 0.1) is 11.3 Å². The van der Waals surface area contributed by atoms with E-state index in [0.717, 1.165) is 43.0 Å². The number of ether oxygens (including phenoxy) is 2. The first-order chi connectivity index (χ1) is 8.75. The van der Waals surface area contributed by atoms with Crippen molar-refractivity contribution < 1.29 is 9.47 Å². The molecule has 0 spiro atoms. The number of rotatable bonds is 3. The second-order valence-electron chi connectivity index (χ2n) is 4.51. The van der Waals surface area contributed by atoms with Gasteiger partial charge in [-0.15, -0.1) is 0 Å². The summed E-state index contributed by atoms with van der Waals surface area (Å²) in [7, 11) is 3.27. The molecule has 0 amide bonds. The minimum atomic E-state index is -0.467. The van der Waals surface area contributed by atoms with Gasteiger partial charge in [0.1, 0.15) is 11.5 Å². The van der Waals surface area contributed by atoms with E-state index in [-0.39, 0.29) is 0 Å². The van der Waals surface area contributed by atoms with Crippen LogP contribution in [-0.2, 0) is 5.41 Å². The fourth-order valence-electron chi connectivity index (χ4n) is 2.48. The summed E-state index contributed by atoms with van der Waals surface area (Å²) >= 11 is 0. The number of piperidine rings is 1. The van der Waals surface area contributed by atoms with E-state index in [4.69, 9.17) is 9.47 Å². The molecule has 4 nitrogen and oxygen atoms in total. The predicted octanol–water partition coefficient (Wildman–Crippen LogP) is 1.85. The van der Waals surface area contributed by atoms with Gasteiger partial charge in [-0.3, -0.25) is 0 Å². The van der Waals surface area contributed by atoms with Gasteiger partial charge in [0.2, 0.25) is 0 Å². The SMILES string of the molecule is COc1ccc(OC)c(C2(C#N)CCNCC2)c1. The molecular weight excluding hydrogens is 228 g/mol. The third-order valence-electron chi connectivity index (χ3n) is 3.59. The maximum atomic E-state index is 9.60. The monoisotopic (exact) mass is 246 g/mol. The van der Waals surface area contributed by atoms with Crippen LogP contribution < -0.4 is 14.8 Å². The van der Waals surface area contributed by atoms with Crippen molar-refractivity contribution in [3.05, 3.63) is 23.8 Å². The predicted molar refractivity (Wildman–Crippen MR) is 68.9 cm³/mol. The number of nitrogens with zero attached hydrogens (tertiary/aromatic N) is 1. The second-order valence-corrected chi connectivity index (χ2v) is 4.51. The van der Waals surface area contributed by atoms with Crippen molar-refractivity contribution in [3.63, 3.8) is 0 Å². The summed E-state index contributed by atoms with van der Waals surface area (Å²) in [4.78, 5) is 0. The molecule has 18 heavy (non-hydrogen) atoms. The topological polar surface area (TPSA) is 54.3 Å². The molecular formula is C14H18N2O2. The van der Waals surface area contributed by atoms with Crippen LogP contribution in [-0.4, -0.2) is 27.3 Å². The van der Waals surface area contributed by atoms with Gasteiger partial charge in [-0.25, -0.2) is 0 Å². The largest absolute Gasteiger partial charge is 0.497 e. The molecule has 0 atom stereocenters. The van der Waals surface area contributed by atoms with Gasteiger partial charge in [-0.05, 0) is 44.1 Å². The van der Waals surface area contributed by atoms with E-state index >= 15 is 0 Å². The first-order valence-electron chi connectivity index (χ1n) is 6.10. The molecule has 0 aliphatic carbocycles. The van der Waals surface area contributed by atoms with E-state index < -0.39 is 5.41 Å². The van der Waals surface area contributed by atoms with Crippen LogP contribution in [0.3, 0.4) is 0 Å². The zero-order chi connectivity index (χ0) is 13.0. The van der Waals surface area contributed by atoms with E-state index in [0.29, 0.717) is 0 Å². The lowest BCUT2D eigenvalue weighted by atomic mass is 9.74. The van der Waals surface area contributed by atoms with Crippen molar-refractivity contribution in [2.75, 3.05) is 27.3 Å². The van der Waals surface area contributed by atoms with Crippen molar-refractivity contribution in [2.45, 2.75) is 18.3 Å². The number of nitriles is 1. The average Bonchev–Trinajstić information content (AvgIpc) is 2.47. The van der Waals surface area contributed by atoms with E-state index in [1.807, 2.05) is 18.2 Å². The molecule has 1 N–H and O–H groups in total. The highest BCUT2D eigenvalue weighted by Gasteiger charge is 2.36. The van der Waals surface area contributed by atoms with Crippen LogP contribution in [0.1, 0.15) is 18.4 Å². The first-order valence-corrected chi connectivity index (χ1v) is 6.10. The molecule has 0 unspecified atom stereocenters. The van der Waals surface area contributed by atoms with Crippen molar-refractivity contribution in [1.29, 1.82) is 5.26 Å². The van der Waals surface area contributed by atoms with E-state index in [1.54, 1.807) is 14.2 Å². The van der Waals surface area contributed by atoms with Crippen LogP contribution >= 0.6 is 0 Å². The van der Waals surface area contributed by atoms with Gasteiger partial charge in [0.15, 0.2) is 0 Å². The maximum absolute atomic E-state index is 9.60. The second kappa shape index (κ2) is 5.28. The highest BCUT2D eigenvalue weighted by atomic mass is 16.5. The lowest BCUT2D eigenvalue weighted by Gasteiger charge is -2.32. The van der Waals surface area contributed by atoms with Crippen LogP contribution in [0.25, 0.3) is 0 Å². The Morgan fingerprint density at radius 3 is 2.50 bits per heavy atom. The van der Waals surface area contributed by atoms with Gasteiger partial charge in [-0.2, -0.15) is 5.26 Å². The minimum absolute atomic E-state index is 0.467. The Labute approximate surface area is 108 Å². The third-order valence-corrected chi connectivity index (χ3v) is 3.59. The Bertz CT molecular complexity index is 459. The molecule has 1 aromatic rings. The molecule has 1 saturated heterocycles. The molecule has 0 radical (unpaired) electrons. The molecule has 1 aromatic carbocycles. The summed E-state index contributed by atoms with van der Waals surface area (Å²) in [6.07, 6.45) is 1.60. The smallest absolute Gasteiger partial charge is 0.123 e. The van der Waals surface area contributed by atoms with Crippen LogP contribution in [0.15, 0.2) is 18.2 Å². The van der Waals surface area contributed by atoms with Gasteiger partial charge in [-0.1, -0.05) is 0 Å². The van der Waals surface area contributed by atoms with Crippen molar-refractivity contribution in [1.82, 2.24) is 5.32 Å². The Balaban J connectivity index is 2.49. The van der Waals surface area contributed by atoms with Crippen molar-refractivity contribution in [2.24, 2.45) is 0 Å². The molecule has 1 aliphatic heterocycles. The summed E-state index contributed by atoms with van der Waals surface area (Å²) in [6.45, 7) is 1.71. The van der Waals surface area contributed by atoms with E-state index in [1.165, 1.54) is 0 Å². The molecule has 0 aromatic heterocycles. The van der Waals surface area contributed by atoms with Crippen LogP contribution in [0.5, 0.6) is 11.5 Å². The third kappa shape index (κ3) is 2.14. The van der Waals surface area contributed by atoms with E-state index in [2.05, 4.69) is 11.4 Å². The Hall–Kier alpha value is -1.73. The first kappa shape index (κ1) is 12.7. The van der Waals surface area contributed by atoms with Gasteiger partial charge in [0, 0.05) is 5.56 Å². The van der Waals surface area contributed by atoms with Gasteiger partial charge in [0.25, 0.3) is 0 Å².